The van der Waals surface area contributed by atoms with E-state index in [2.05, 4.69) is 19.8 Å². The summed E-state index contributed by atoms with van der Waals surface area (Å²) in [7, 11) is 0. The molecule has 2 aliphatic heterocycles. The second kappa shape index (κ2) is 12.4. The number of amides is 2. The number of aromatic nitrogens is 2. The minimum absolute atomic E-state index is 0.0575. The zero-order valence-electron chi connectivity index (χ0n) is 21.6. The van der Waals surface area contributed by atoms with Crippen LogP contribution in [0, 0.1) is 5.82 Å². The molecule has 1 aromatic heterocycles. The molecule has 2 saturated heterocycles. The van der Waals surface area contributed by atoms with Gasteiger partial charge in [0.05, 0.1) is 0 Å². The van der Waals surface area contributed by atoms with Crippen LogP contribution in [-0.2, 0) is 11.3 Å². The Balaban J connectivity index is 1.43. The number of benzene rings is 1. The maximum Gasteiger partial charge on any atom is 0.471 e. The third-order valence-electron chi connectivity index (χ3n) is 7.29. The van der Waals surface area contributed by atoms with Crippen molar-refractivity contribution in [2.75, 3.05) is 42.9 Å². The molecule has 0 bridgehead atoms. The van der Waals surface area contributed by atoms with Gasteiger partial charge in [-0.3, -0.25) is 19.4 Å². The molecule has 218 valence electrons. The highest BCUT2D eigenvalue weighted by Crippen LogP contribution is 2.31. The predicted molar refractivity (Wildman–Crippen MR) is 143 cm³/mol. The number of likely N-dealkylation sites (tertiary alicyclic amines) is 1. The Labute approximate surface area is 238 Å². The van der Waals surface area contributed by atoms with Crippen LogP contribution in [0.3, 0.4) is 0 Å². The Morgan fingerprint density at radius 3 is 2.42 bits per heavy atom. The van der Waals surface area contributed by atoms with Gasteiger partial charge < -0.3 is 16.0 Å². The van der Waals surface area contributed by atoms with Crippen molar-refractivity contribution >= 4 is 46.7 Å². The van der Waals surface area contributed by atoms with E-state index in [1.54, 1.807) is 22.3 Å². The van der Waals surface area contributed by atoms with E-state index in [9.17, 15) is 27.2 Å². The van der Waals surface area contributed by atoms with Crippen LogP contribution < -0.4 is 16.0 Å². The van der Waals surface area contributed by atoms with Gasteiger partial charge in [-0.2, -0.15) is 13.2 Å². The lowest BCUT2D eigenvalue weighted by atomic mass is 9.98. The summed E-state index contributed by atoms with van der Waals surface area (Å²) < 4.78 is 52.8. The lowest BCUT2D eigenvalue weighted by Crippen LogP contribution is -2.58. The quantitative estimate of drug-likeness (QED) is 0.458. The number of rotatable bonds is 7. The summed E-state index contributed by atoms with van der Waals surface area (Å²) in [5.74, 6) is -4.45. The van der Waals surface area contributed by atoms with E-state index in [0.29, 0.717) is 42.8 Å². The van der Waals surface area contributed by atoms with Crippen molar-refractivity contribution in [3.05, 3.63) is 45.4 Å². The molecule has 2 fully saturated rings. The number of carbonyl (C=O) groups excluding carboxylic acids is 2. The smallest absolute Gasteiger partial charge is 0.364 e. The number of halogens is 6. The first-order valence-corrected chi connectivity index (χ1v) is 13.6. The molecular weight excluding hydrogens is 577 g/mol. The van der Waals surface area contributed by atoms with E-state index >= 15 is 0 Å². The van der Waals surface area contributed by atoms with Gasteiger partial charge in [0, 0.05) is 48.8 Å². The molecule has 0 spiro atoms. The fraction of sp³-hybridized carbons (Fsp3) is 0.520. The molecule has 1 atom stereocenters. The lowest BCUT2D eigenvalue weighted by Gasteiger charge is -2.47. The van der Waals surface area contributed by atoms with Crippen molar-refractivity contribution < 1.29 is 27.2 Å². The summed E-state index contributed by atoms with van der Waals surface area (Å²) >= 11 is 12.1. The summed E-state index contributed by atoms with van der Waals surface area (Å²) in [5, 5.41) is 1.74. The third kappa shape index (κ3) is 6.93. The molecule has 40 heavy (non-hydrogen) atoms. The number of piperidine rings is 1. The number of nitrogens with zero attached hydrogens (tertiary/aromatic N) is 5. The van der Waals surface area contributed by atoms with E-state index in [4.69, 9.17) is 28.9 Å². The highest BCUT2D eigenvalue weighted by atomic mass is 35.5. The van der Waals surface area contributed by atoms with E-state index < -0.39 is 29.5 Å². The number of anilines is 2. The van der Waals surface area contributed by atoms with Gasteiger partial charge in [-0.1, -0.05) is 36.2 Å². The van der Waals surface area contributed by atoms with E-state index in [-0.39, 0.29) is 22.8 Å². The molecule has 3 heterocycles. The van der Waals surface area contributed by atoms with Crippen molar-refractivity contribution in [1.29, 1.82) is 0 Å². The molecule has 0 radical (unpaired) electrons. The largest absolute Gasteiger partial charge is 0.471 e. The van der Waals surface area contributed by atoms with Gasteiger partial charge in [0.2, 0.25) is 0 Å². The van der Waals surface area contributed by atoms with Gasteiger partial charge in [-0.25, -0.2) is 14.4 Å². The van der Waals surface area contributed by atoms with Gasteiger partial charge in [0.1, 0.15) is 5.82 Å². The monoisotopic (exact) mass is 605 g/mol. The Morgan fingerprint density at radius 1 is 1.12 bits per heavy atom. The molecule has 2 amide bonds. The van der Waals surface area contributed by atoms with Crippen molar-refractivity contribution in [1.82, 2.24) is 19.8 Å². The van der Waals surface area contributed by atoms with Crippen molar-refractivity contribution in [2.24, 2.45) is 5.73 Å². The topological polar surface area (TPSA) is 108 Å². The fourth-order valence-corrected chi connectivity index (χ4v) is 5.66. The molecule has 2 aromatic rings. The van der Waals surface area contributed by atoms with Crippen molar-refractivity contribution in [3.63, 3.8) is 0 Å². The Hall–Kier alpha value is -2.74. The molecule has 3 N–H and O–H groups in total. The maximum absolute atomic E-state index is 14.2. The lowest BCUT2D eigenvalue weighted by molar-refractivity contribution is -0.167. The van der Waals surface area contributed by atoms with E-state index in [1.807, 2.05) is 6.92 Å². The average molecular weight is 606 g/mol. The Kier molecular flexibility index (Phi) is 9.38. The standard InChI is InChI=1S/C25H29Cl2F4N7O2/c1-2-16-13-37(23-20(27)33-19(21(32)39)22(34-23)35-24(40)25(29,30)31)9-10-38(16)17-5-7-36(8-6-17)12-14-3-4-15(26)11-18(14)28/h3-4,11,16-17H,2,5-10,12-13H2,1H3,(H2,32,39)(H,34,35,40)/t16-/m0/s1. The van der Waals surface area contributed by atoms with Gasteiger partial charge in [0.15, 0.2) is 22.5 Å². The molecular formula is C25H29Cl2F4N7O2. The summed E-state index contributed by atoms with van der Waals surface area (Å²) in [5.41, 5.74) is 5.17. The van der Waals surface area contributed by atoms with Crippen LogP contribution >= 0.6 is 23.2 Å². The molecule has 1 aromatic carbocycles. The maximum atomic E-state index is 14.2. The third-order valence-corrected chi connectivity index (χ3v) is 7.78. The summed E-state index contributed by atoms with van der Waals surface area (Å²) in [6, 6.07) is 5.10. The SMILES string of the molecule is CC[C@H]1CN(c2nc(NC(=O)C(F)(F)F)c(C(N)=O)nc2Cl)CCN1C1CCN(Cc2ccc(Cl)cc2F)CC1. The van der Waals surface area contributed by atoms with Crippen LogP contribution in [0.5, 0.6) is 0 Å². The van der Waals surface area contributed by atoms with Gasteiger partial charge in [-0.05, 0) is 44.5 Å². The Bertz CT molecular complexity index is 1260. The van der Waals surface area contributed by atoms with Gasteiger partial charge >= 0.3 is 12.1 Å². The first kappa shape index (κ1) is 30.2. The van der Waals surface area contributed by atoms with Crippen molar-refractivity contribution in [2.45, 2.75) is 51.0 Å². The minimum atomic E-state index is -5.20. The van der Waals surface area contributed by atoms with Gasteiger partial charge in [0.25, 0.3) is 5.91 Å². The average Bonchev–Trinajstić information content (AvgIpc) is 2.90. The highest BCUT2D eigenvalue weighted by molar-refractivity contribution is 6.32. The number of primary amides is 1. The van der Waals surface area contributed by atoms with Crippen LogP contribution in [0.2, 0.25) is 10.2 Å². The molecule has 15 heteroatoms. The Morgan fingerprint density at radius 2 is 1.82 bits per heavy atom. The van der Waals surface area contributed by atoms with Crippen LogP contribution in [-0.4, -0.2) is 82.6 Å². The number of nitrogens with one attached hydrogen (secondary N) is 1. The fourth-order valence-electron chi connectivity index (χ4n) is 5.25. The van der Waals surface area contributed by atoms with Gasteiger partial charge in [-0.15, -0.1) is 0 Å². The number of alkyl halides is 3. The normalized spacial score (nSPS) is 19.6. The first-order chi connectivity index (χ1) is 18.9. The molecule has 0 aliphatic carbocycles. The summed E-state index contributed by atoms with van der Waals surface area (Å²) in [4.78, 5) is 37.6. The number of piperazine rings is 1. The number of hydrogen-bond acceptors (Lipinski definition) is 7. The molecule has 2 aliphatic rings. The zero-order valence-corrected chi connectivity index (χ0v) is 23.2. The van der Waals surface area contributed by atoms with Crippen LogP contribution in [0.25, 0.3) is 0 Å². The number of carbonyl (C=O) groups is 2. The molecule has 4 rings (SSSR count). The van der Waals surface area contributed by atoms with Crippen LogP contribution in [0.4, 0.5) is 29.2 Å². The number of nitrogens with two attached hydrogens (primary N) is 1. The number of hydrogen-bond donors (Lipinski definition) is 2. The van der Waals surface area contributed by atoms with Crippen molar-refractivity contribution in [3.8, 4) is 0 Å². The first-order valence-electron chi connectivity index (χ1n) is 12.8. The summed E-state index contributed by atoms with van der Waals surface area (Å²) in [6.07, 6.45) is -2.62. The second-order valence-electron chi connectivity index (χ2n) is 9.84. The molecule has 0 saturated carbocycles. The highest BCUT2D eigenvalue weighted by Gasteiger charge is 2.40. The second-order valence-corrected chi connectivity index (χ2v) is 10.6. The molecule has 9 nitrogen and oxygen atoms in total. The van der Waals surface area contributed by atoms with Crippen LogP contribution in [0.15, 0.2) is 18.2 Å². The zero-order chi connectivity index (χ0) is 29.2. The molecule has 0 unspecified atom stereocenters. The predicted octanol–water partition coefficient (Wildman–Crippen LogP) is 4.09. The van der Waals surface area contributed by atoms with E-state index in [1.165, 1.54) is 6.07 Å². The summed E-state index contributed by atoms with van der Waals surface area (Å²) in [6.45, 7) is 5.70. The van der Waals surface area contributed by atoms with Crippen LogP contribution in [0.1, 0.15) is 42.2 Å². The minimum Gasteiger partial charge on any atom is -0.364 e. The van der Waals surface area contributed by atoms with E-state index in [0.717, 1.165) is 32.4 Å².